The summed E-state index contributed by atoms with van der Waals surface area (Å²) in [5.41, 5.74) is 2.95. The topological polar surface area (TPSA) is 56.3 Å². The third-order valence-corrected chi connectivity index (χ3v) is 3.94. The summed E-state index contributed by atoms with van der Waals surface area (Å²) in [5.74, 6) is 2.36. The van der Waals surface area contributed by atoms with E-state index in [4.69, 9.17) is 14.5 Å². The molecular weight excluding hydrogens is 302 g/mol. The lowest BCUT2D eigenvalue weighted by Crippen LogP contribution is -2.08. The quantitative estimate of drug-likeness (QED) is 0.751. The van der Waals surface area contributed by atoms with Crippen molar-refractivity contribution in [3.63, 3.8) is 0 Å². The van der Waals surface area contributed by atoms with Crippen LogP contribution >= 0.6 is 0 Å². The van der Waals surface area contributed by atoms with Gasteiger partial charge < -0.3 is 14.8 Å². The predicted molar refractivity (Wildman–Crippen MR) is 96.0 cm³/mol. The molecule has 0 saturated carbocycles. The summed E-state index contributed by atoms with van der Waals surface area (Å²) in [6.45, 7) is 2.82. The Balaban J connectivity index is 1.87. The van der Waals surface area contributed by atoms with E-state index in [1.54, 1.807) is 14.2 Å². The SMILES string of the molecule is COc1ccc(OC)c2c(C)cc(NCCc3ccccn3)nc12. The van der Waals surface area contributed by atoms with Crippen LogP contribution in [0, 0.1) is 6.92 Å². The summed E-state index contributed by atoms with van der Waals surface area (Å²) >= 11 is 0. The third kappa shape index (κ3) is 3.25. The van der Waals surface area contributed by atoms with E-state index in [2.05, 4.69) is 17.2 Å². The lowest BCUT2D eigenvalue weighted by atomic mass is 10.1. The van der Waals surface area contributed by atoms with Crippen LogP contribution in [0.5, 0.6) is 11.5 Å². The summed E-state index contributed by atoms with van der Waals surface area (Å²) in [4.78, 5) is 9.04. The van der Waals surface area contributed by atoms with Crippen LogP contribution in [0.25, 0.3) is 10.9 Å². The number of nitrogens with zero attached hydrogens (tertiary/aromatic N) is 2. The Morgan fingerprint density at radius 3 is 2.54 bits per heavy atom. The molecule has 0 unspecified atom stereocenters. The fourth-order valence-corrected chi connectivity index (χ4v) is 2.77. The van der Waals surface area contributed by atoms with Gasteiger partial charge in [-0.3, -0.25) is 4.98 Å². The maximum Gasteiger partial charge on any atom is 0.145 e. The van der Waals surface area contributed by atoms with Gasteiger partial charge in [0.15, 0.2) is 0 Å². The van der Waals surface area contributed by atoms with Crippen molar-refractivity contribution in [3.8, 4) is 11.5 Å². The maximum absolute atomic E-state index is 5.46. The van der Waals surface area contributed by atoms with Gasteiger partial charge in [0.1, 0.15) is 22.8 Å². The Morgan fingerprint density at radius 2 is 1.83 bits per heavy atom. The van der Waals surface area contributed by atoms with Gasteiger partial charge in [0.2, 0.25) is 0 Å². The smallest absolute Gasteiger partial charge is 0.145 e. The summed E-state index contributed by atoms with van der Waals surface area (Å²) in [6, 6.07) is 11.8. The van der Waals surface area contributed by atoms with Gasteiger partial charge in [0.05, 0.1) is 14.2 Å². The Bertz CT molecular complexity index is 835. The van der Waals surface area contributed by atoms with Gasteiger partial charge in [-0.15, -0.1) is 0 Å². The van der Waals surface area contributed by atoms with E-state index in [1.165, 1.54) is 0 Å². The summed E-state index contributed by atoms with van der Waals surface area (Å²) < 4.78 is 10.9. The minimum Gasteiger partial charge on any atom is -0.496 e. The van der Waals surface area contributed by atoms with Crippen molar-refractivity contribution in [2.45, 2.75) is 13.3 Å². The van der Waals surface area contributed by atoms with Crippen molar-refractivity contribution in [1.82, 2.24) is 9.97 Å². The molecule has 0 fully saturated rings. The van der Waals surface area contributed by atoms with Crippen LogP contribution in [0.1, 0.15) is 11.3 Å². The second kappa shape index (κ2) is 7.17. The van der Waals surface area contributed by atoms with Crippen LogP contribution in [-0.4, -0.2) is 30.7 Å². The van der Waals surface area contributed by atoms with Gasteiger partial charge in [-0.2, -0.15) is 0 Å². The van der Waals surface area contributed by atoms with Crippen molar-refractivity contribution in [2.75, 3.05) is 26.1 Å². The summed E-state index contributed by atoms with van der Waals surface area (Å²) in [7, 11) is 3.32. The number of pyridine rings is 2. The zero-order chi connectivity index (χ0) is 16.9. The van der Waals surface area contributed by atoms with E-state index in [-0.39, 0.29) is 0 Å². The molecule has 0 aliphatic heterocycles. The fraction of sp³-hybridized carbons (Fsp3) is 0.263. The van der Waals surface area contributed by atoms with Crippen LogP contribution in [0.15, 0.2) is 42.6 Å². The zero-order valence-electron chi connectivity index (χ0n) is 14.2. The molecule has 1 aromatic carbocycles. The Kier molecular flexibility index (Phi) is 4.79. The predicted octanol–water partition coefficient (Wildman–Crippen LogP) is 3.61. The van der Waals surface area contributed by atoms with Crippen LogP contribution < -0.4 is 14.8 Å². The zero-order valence-corrected chi connectivity index (χ0v) is 14.2. The first-order valence-corrected chi connectivity index (χ1v) is 7.89. The standard InChI is InChI=1S/C19H21N3O2/c1-13-12-17(21-11-9-14-6-4-5-10-20-14)22-19-16(24-3)8-7-15(23-2)18(13)19/h4-8,10,12H,9,11H2,1-3H3,(H,21,22). The molecule has 124 valence electrons. The molecule has 3 rings (SSSR count). The summed E-state index contributed by atoms with van der Waals surface area (Å²) in [5, 5.41) is 4.35. The molecule has 24 heavy (non-hydrogen) atoms. The second-order valence-electron chi connectivity index (χ2n) is 5.52. The number of benzene rings is 1. The van der Waals surface area contributed by atoms with Gasteiger partial charge in [-0.1, -0.05) is 6.07 Å². The monoisotopic (exact) mass is 323 g/mol. The number of ether oxygens (including phenoxy) is 2. The van der Waals surface area contributed by atoms with Gasteiger partial charge in [-0.05, 0) is 42.8 Å². The molecule has 0 atom stereocenters. The molecule has 0 aliphatic carbocycles. The van der Waals surface area contributed by atoms with E-state index in [0.29, 0.717) is 0 Å². The average molecular weight is 323 g/mol. The molecule has 3 aromatic rings. The lowest BCUT2D eigenvalue weighted by molar-refractivity contribution is 0.409. The largest absolute Gasteiger partial charge is 0.496 e. The Morgan fingerprint density at radius 1 is 1.04 bits per heavy atom. The van der Waals surface area contributed by atoms with Crippen LogP contribution in [0.3, 0.4) is 0 Å². The first-order valence-electron chi connectivity index (χ1n) is 7.89. The van der Waals surface area contributed by atoms with Crippen molar-refractivity contribution < 1.29 is 9.47 Å². The van der Waals surface area contributed by atoms with E-state index in [9.17, 15) is 0 Å². The molecule has 2 heterocycles. The second-order valence-corrected chi connectivity index (χ2v) is 5.52. The van der Waals surface area contributed by atoms with Crippen LogP contribution in [0.4, 0.5) is 5.82 Å². The normalized spacial score (nSPS) is 10.6. The molecule has 2 aromatic heterocycles. The lowest BCUT2D eigenvalue weighted by Gasteiger charge is -2.14. The molecule has 0 bridgehead atoms. The number of aryl methyl sites for hydroxylation is 1. The highest BCUT2D eigenvalue weighted by molar-refractivity contribution is 5.94. The van der Waals surface area contributed by atoms with Crippen LogP contribution in [0.2, 0.25) is 0 Å². The number of aromatic nitrogens is 2. The number of methoxy groups -OCH3 is 2. The number of rotatable bonds is 6. The molecular formula is C19H21N3O2. The van der Waals surface area contributed by atoms with Gasteiger partial charge in [-0.25, -0.2) is 4.98 Å². The fourth-order valence-electron chi connectivity index (χ4n) is 2.77. The average Bonchev–Trinajstić information content (AvgIpc) is 2.61. The minimum absolute atomic E-state index is 0.738. The third-order valence-electron chi connectivity index (χ3n) is 3.94. The number of anilines is 1. The van der Waals surface area contributed by atoms with Crippen molar-refractivity contribution in [3.05, 3.63) is 53.9 Å². The molecule has 5 heteroatoms. The summed E-state index contributed by atoms with van der Waals surface area (Å²) in [6.07, 6.45) is 2.65. The molecule has 0 radical (unpaired) electrons. The van der Waals surface area contributed by atoms with Gasteiger partial charge in [0.25, 0.3) is 0 Å². The van der Waals surface area contributed by atoms with E-state index in [1.807, 2.05) is 42.6 Å². The van der Waals surface area contributed by atoms with Crippen molar-refractivity contribution in [1.29, 1.82) is 0 Å². The van der Waals surface area contributed by atoms with E-state index in [0.717, 1.165) is 52.4 Å². The van der Waals surface area contributed by atoms with Gasteiger partial charge in [0, 0.05) is 30.2 Å². The molecule has 0 amide bonds. The first-order chi connectivity index (χ1) is 11.7. The van der Waals surface area contributed by atoms with E-state index < -0.39 is 0 Å². The molecule has 0 aliphatic rings. The highest BCUT2D eigenvalue weighted by atomic mass is 16.5. The highest BCUT2D eigenvalue weighted by Crippen LogP contribution is 2.35. The number of fused-ring (bicyclic) bond motifs is 1. The van der Waals surface area contributed by atoms with Crippen molar-refractivity contribution >= 4 is 16.7 Å². The van der Waals surface area contributed by atoms with Crippen LogP contribution in [-0.2, 0) is 6.42 Å². The number of nitrogens with one attached hydrogen (secondary N) is 1. The molecule has 1 N–H and O–H groups in total. The first kappa shape index (κ1) is 16.1. The minimum atomic E-state index is 0.738. The number of hydrogen-bond acceptors (Lipinski definition) is 5. The molecule has 0 spiro atoms. The number of hydrogen-bond donors (Lipinski definition) is 1. The maximum atomic E-state index is 5.46. The highest BCUT2D eigenvalue weighted by Gasteiger charge is 2.12. The molecule has 0 saturated heterocycles. The Labute approximate surface area is 141 Å². The molecule has 5 nitrogen and oxygen atoms in total. The van der Waals surface area contributed by atoms with Crippen molar-refractivity contribution in [2.24, 2.45) is 0 Å². The Hall–Kier alpha value is -2.82. The van der Waals surface area contributed by atoms with E-state index >= 15 is 0 Å². The van der Waals surface area contributed by atoms with Gasteiger partial charge >= 0.3 is 0 Å².